The highest BCUT2D eigenvalue weighted by Crippen LogP contribution is 2.21. The number of carbonyl (C=O) groups excluding carboxylic acids is 2. The number of carboxylic acid groups (broad SMARTS) is 1. The molecule has 184 valence electrons. The van der Waals surface area contributed by atoms with Crippen molar-refractivity contribution in [3.63, 3.8) is 0 Å². The molecule has 0 aromatic heterocycles. The summed E-state index contributed by atoms with van der Waals surface area (Å²) in [4.78, 5) is 39.2. The van der Waals surface area contributed by atoms with Crippen LogP contribution in [-0.4, -0.2) is 53.0 Å². The van der Waals surface area contributed by atoms with E-state index in [9.17, 15) is 19.5 Å². The van der Waals surface area contributed by atoms with Gasteiger partial charge in [-0.1, -0.05) is 64.1 Å². The second kappa shape index (κ2) is 12.0. The standard InChI is InChI=1S/C26H41N3O4/c1-16(2)21(15-18(5)25(32)33)29(9)24(31)22(17(3)4)27-23(30)19(6)28-26(7,8)20-13-11-10-12-14-20/h10-17,19,21-22,28H,1-9H3,(H,27,30)(H,32,33)/b18-15+/t19-,21+,22-/m0/s1. The molecular formula is C26H41N3O4. The molecule has 0 aliphatic carbocycles. The van der Waals surface area contributed by atoms with E-state index in [0.29, 0.717) is 0 Å². The molecule has 0 heterocycles. The predicted molar refractivity (Wildman–Crippen MR) is 132 cm³/mol. The summed E-state index contributed by atoms with van der Waals surface area (Å²) in [6.07, 6.45) is 1.59. The Hall–Kier alpha value is -2.67. The van der Waals surface area contributed by atoms with Gasteiger partial charge in [-0.25, -0.2) is 4.79 Å². The Kier molecular flexibility index (Phi) is 10.3. The first-order valence-corrected chi connectivity index (χ1v) is 11.5. The largest absolute Gasteiger partial charge is 0.478 e. The summed E-state index contributed by atoms with van der Waals surface area (Å²) in [5.74, 6) is -1.67. The Labute approximate surface area is 198 Å². The first-order chi connectivity index (χ1) is 15.2. The first kappa shape index (κ1) is 28.4. The zero-order valence-electron chi connectivity index (χ0n) is 21.5. The fourth-order valence-corrected chi connectivity index (χ4v) is 3.78. The van der Waals surface area contributed by atoms with Gasteiger partial charge in [0, 0.05) is 18.2 Å². The van der Waals surface area contributed by atoms with Crippen LogP contribution in [0.2, 0.25) is 0 Å². The lowest BCUT2D eigenvalue weighted by atomic mass is 9.93. The summed E-state index contributed by atoms with van der Waals surface area (Å²) in [5.41, 5.74) is 0.800. The Bertz CT molecular complexity index is 846. The van der Waals surface area contributed by atoms with Crippen molar-refractivity contribution in [2.45, 2.75) is 79.1 Å². The Balaban J connectivity index is 3.01. The highest BCUT2D eigenvalue weighted by molar-refractivity contribution is 5.90. The van der Waals surface area contributed by atoms with Crippen molar-refractivity contribution in [2.75, 3.05) is 7.05 Å². The van der Waals surface area contributed by atoms with Crippen molar-refractivity contribution in [2.24, 2.45) is 11.8 Å². The van der Waals surface area contributed by atoms with Gasteiger partial charge in [-0.15, -0.1) is 0 Å². The molecule has 0 saturated carbocycles. The van der Waals surface area contributed by atoms with E-state index in [-0.39, 0.29) is 29.2 Å². The van der Waals surface area contributed by atoms with E-state index in [1.165, 1.54) is 11.8 Å². The first-order valence-electron chi connectivity index (χ1n) is 11.5. The molecule has 0 radical (unpaired) electrons. The summed E-state index contributed by atoms with van der Waals surface area (Å²) >= 11 is 0. The minimum absolute atomic E-state index is 0.00373. The van der Waals surface area contributed by atoms with Crippen molar-refractivity contribution < 1.29 is 19.5 Å². The van der Waals surface area contributed by atoms with Gasteiger partial charge in [-0.3, -0.25) is 14.9 Å². The second-order valence-electron chi connectivity index (χ2n) is 9.93. The number of benzene rings is 1. The topological polar surface area (TPSA) is 98.7 Å². The lowest BCUT2D eigenvalue weighted by Gasteiger charge is -2.35. The van der Waals surface area contributed by atoms with Gasteiger partial charge >= 0.3 is 5.97 Å². The molecule has 0 bridgehead atoms. The maximum Gasteiger partial charge on any atom is 0.331 e. The molecule has 2 amide bonds. The van der Waals surface area contributed by atoms with Crippen molar-refractivity contribution in [1.82, 2.24) is 15.5 Å². The molecule has 3 atom stereocenters. The van der Waals surface area contributed by atoms with E-state index in [1.54, 1.807) is 20.0 Å². The van der Waals surface area contributed by atoms with Gasteiger partial charge in [-0.05, 0) is 45.1 Å². The summed E-state index contributed by atoms with van der Waals surface area (Å²) in [6, 6.07) is 8.21. The number of aliphatic carboxylic acids is 1. The number of nitrogens with one attached hydrogen (secondary N) is 2. The zero-order chi connectivity index (χ0) is 25.5. The molecule has 7 heteroatoms. The van der Waals surface area contributed by atoms with Crippen LogP contribution in [0.5, 0.6) is 0 Å². The van der Waals surface area contributed by atoms with Gasteiger partial charge in [-0.2, -0.15) is 0 Å². The minimum atomic E-state index is -1.02. The van der Waals surface area contributed by atoms with Crippen LogP contribution in [0.1, 0.15) is 61.0 Å². The third-order valence-corrected chi connectivity index (χ3v) is 5.93. The maximum absolute atomic E-state index is 13.4. The molecule has 0 aliphatic heterocycles. The molecule has 1 rings (SSSR count). The third-order valence-electron chi connectivity index (χ3n) is 5.93. The second-order valence-corrected chi connectivity index (χ2v) is 9.93. The highest BCUT2D eigenvalue weighted by atomic mass is 16.4. The SMILES string of the molecule is C/C(=C\[C@H](C(C)C)N(C)C(=O)[C@@H](NC(=O)[C@H](C)NC(C)(C)c1ccccc1)C(C)C)C(=O)O. The quantitative estimate of drug-likeness (QED) is 0.440. The van der Waals surface area contributed by atoms with E-state index in [1.807, 2.05) is 71.9 Å². The molecule has 0 spiro atoms. The molecule has 0 aliphatic rings. The highest BCUT2D eigenvalue weighted by Gasteiger charge is 2.33. The van der Waals surface area contributed by atoms with Crippen LogP contribution >= 0.6 is 0 Å². The molecule has 1 aromatic rings. The normalized spacial score (nSPS) is 15.2. The Morgan fingerprint density at radius 3 is 2.00 bits per heavy atom. The average Bonchev–Trinajstić information content (AvgIpc) is 2.74. The molecule has 3 N–H and O–H groups in total. The van der Waals surface area contributed by atoms with E-state index in [4.69, 9.17) is 0 Å². The molecule has 0 fully saturated rings. The summed E-state index contributed by atoms with van der Waals surface area (Å²) in [7, 11) is 1.65. The van der Waals surface area contributed by atoms with Crippen molar-refractivity contribution in [3.05, 3.63) is 47.5 Å². The third kappa shape index (κ3) is 8.00. The number of nitrogens with zero attached hydrogens (tertiary/aromatic N) is 1. The zero-order valence-corrected chi connectivity index (χ0v) is 21.5. The number of carbonyl (C=O) groups is 3. The number of rotatable bonds is 11. The maximum atomic E-state index is 13.4. The molecular weight excluding hydrogens is 418 g/mol. The van der Waals surface area contributed by atoms with Crippen molar-refractivity contribution in [1.29, 1.82) is 0 Å². The summed E-state index contributed by atoms with van der Waals surface area (Å²) < 4.78 is 0. The van der Waals surface area contributed by atoms with Gasteiger partial charge in [0.2, 0.25) is 11.8 Å². The molecule has 0 unspecified atom stereocenters. The average molecular weight is 460 g/mol. The van der Waals surface area contributed by atoms with Crippen molar-refractivity contribution in [3.8, 4) is 0 Å². The van der Waals surface area contributed by atoms with Crippen LogP contribution in [-0.2, 0) is 19.9 Å². The molecule has 0 saturated heterocycles. The summed E-state index contributed by atoms with van der Waals surface area (Å²) in [6.45, 7) is 14.9. The van der Waals surface area contributed by atoms with E-state index in [2.05, 4.69) is 10.6 Å². The Morgan fingerprint density at radius 1 is 1.00 bits per heavy atom. The van der Waals surface area contributed by atoms with Crippen LogP contribution in [0.4, 0.5) is 0 Å². The lowest BCUT2D eigenvalue weighted by molar-refractivity contribution is -0.139. The number of amides is 2. The Morgan fingerprint density at radius 2 is 1.55 bits per heavy atom. The van der Waals surface area contributed by atoms with E-state index < -0.39 is 29.6 Å². The van der Waals surface area contributed by atoms with Gasteiger partial charge in [0.15, 0.2) is 0 Å². The smallest absolute Gasteiger partial charge is 0.331 e. The number of hydrogen-bond donors (Lipinski definition) is 3. The van der Waals surface area contributed by atoms with Gasteiger partial charge < -0.3 is 15.3 Å². The number of likely N-dealkylation sites (N-methyl/N-ethyl adjacent to an activating group) is 1. The van der Waals surface area contributed by atoms with Gasteiger partial charge in [0.25, 0.3) is 0 Å². The molecule has 1 aromatic carbocycles. The van der Waals surface area contributed by atoms with E-state index in [0.717, 1.165) is 5.56 Å². The van der Waals surface area contributed by atoms with Crippen LogP contribution in [0.3, 0.4) is 0 Å². The monoisotopic (exact) mass is 459 g/mol. The number of hydrogen-bond acceptors (Lipinski definition) is 4. The van der Waals surface area contributed by atoms with Gasteiger partial charge in [0.05, 0.1) is 12.1 Å². The van der Waals surface area contributed by atoms with Crippen LogP contribution in [0, 0.1) is 11.8 Å². The number of carboxylic acids is 1. The van der Waals surface area contributed by atoms with Crippen LogP contribution in [0.15, 0.2) is 42.0 Å². The van der Waals surface area contributed by atoms with Crippen LogP contribution in [0.25, 0.3) is 0 Å². The predicted octanol–water partition coefficient (Wildman–Crippen LogP) is 3.55. The van der Waals surface area contributed by atoms with Crippen molar-refractivity contribution >= 4 is 17.8 Å². The van der Waals surface area contributed by atoms with E-state index >= 15 is 0 Å². The summed E-state index contributed by atoms with van der Waals surface area (Å²) in [5, 5.41) is 15.5. The van der Waals surface area contributed by atoms with Crippen LogP contribution < -0.4 is 10.6 Å². The lowest BCUT2D eigenvalue weighted by Crippen LogP contribution is -2.57. The fraction of sp³-hybridized carbons (Fsp3) is 0.577. The molecule has 7 nitrogen and oxygen atoms in total. The fourth-order valence-electron chi connectivity index (χ4n) is 3.78. The molecule has 33 heavy (non-hydrogen) atoms. The minimum Gasteiger partial charge on any atom is -0.478 e. The van der Waals surface area contributed by atoms with Gasteiger partial charge in [0.1, 0.15) is 6.04 Å².